The molecule has 6 aromatic rings. The van der Waals surface area contributed by atoms with Crippen LogP contribution >= 0.6 is 0 Å². The first kappa shape index (κ1) is 31.6. The van der Waals surface area contributed by atoms with Crippen molar-refractivity contribution >= 4 is 22.6 Å². The van der Waals surface area contributed by atoms with Crippen molar-refractivity contribution in [2.75, 3.05) is 13.1 Å². The van der Waals surface area contributed by atoms with E-state index in [0.29, 0.717) is 47.6 Å². The van der Waals surface area contributed by atoms with Crippen LogP contribution in [0.5, 0.6) is 0 Å². The van der Waals surface area contributed by atoms with Crippen LogP contribution in [0.4, 0.5) is 0 Å². The molecule has 0 unspecified atom stereocenters. The molecule has 2 fully saturated rings. The van der Waals surface area contributed by atoms with E-state index in [-0.39, 0.29) is 23.9 Å². The van der Waals surface area contributed by atoms with Gasteiger partial charge in [-0.05, 0) is 84.7 Å². The number of hydrogen-bond acceptors (Lipinski definition) is 8. The Morgan fingerprint density at radius 3 is 1.42 bits per heavy atom. The van der Waals surface area contributed by atoms with Gasteiger partial charge >= 0.3 is 0 Å². The Bertz CT molecular complexity index is 1960. The van der Waals surface area contributed by atoms with E-state index >= 15 is 0 Å². The summed E-state index contributed by atoms with van der Waals surface area (Å²) in [6.07, 6.45) is 6.77. The van der Waals surface area contributed by atoms with E-state index in [0.717, 1.165) is 62.1 Å². The van der Waals surface area contributed by atoms with E-state index in [1.165, 1.54) is 11.1 Å². The maximum absolute atomic E-state index is 13.6. The Morgan fingerprint density at radius 1 is 0.580 bits per heavy atom. The SMILES string of the molecule is O=C(c1ccc2cc(C(=O)N3CC[C@H]3c3nc(CCCc4ccccc4)no3)ccc2c1)N1CC[C@H]1c1nc(CCCc2ccccc2)no1. The van der Waals surface area contributed by atoms with Gasteiger partial charge in [0.25, 0.3) is 11.8 Å². The minimum absolute atomic E-state index is 0.0745. The fourth-order valence-corrected chi connectivity index (χ4v) is 6.82. The summed E-state index contributed by atoms with van der Waals surface area (Å²) in [4.78, 5) is 39.9. The Kier molecular flexibility index (Phi) is 8.90. The lowest BCUT2D eigenvalue weighted by atomic mass is 9.97. The van der Waals surface area contributed by atoms with Crippen molar-refractivity contribution in [1.82, 2.24) is 30.1 Å². The summed E-state index contributed by atoms with van der Waals surface area (Å²) < 4.78 is 11.2. The van der Waals surface area contributed by atoms with E-state index in [1.54, 1.807) is 9.80 Å². The van der Waals surface area contributed by atoms with Crippen molar-refractivity contribution in [2.24, 2.45) is 0 Å². The highest BCUT2D eigenvalue weighted by Gasteiger charge is 2.39. The maximum atomic E-state index is 13.6. The van der Waals surface area contributed by atoms with Crippen LogP contribution in [-0.4, -0.2) is 55.0 Å². The van der Waals surface area contributed by atoms with Gasteiger partial charge in [-0.3, -0.25) is 9.59 Å². The van der Waals surface area contributed by atoms with Gasteiger partial charge in [0, 0.05) is 37.1 Å². The molecule has 4 heterocycles. The first-order valence-corrected chi connectivity index (χ1v) is 17.5. The number of aryl methyl sites for hydroxylation is 4. The average molecular weight is 667 g/mol. The number of carbonyl (C=O) groups is 2. The lowest BCUT2D eigenvalue weighted by Gasteiger charge is -2.38. The van der Waals surface area contributed by atoms with Crippen molar-refractivity contribution in [2.45, 2.75) is 63.5 Å². The van der Waals surface area contributed by atoms with Gasteiger partial charge < -0.3 is 18.8 Å². The number of hydrogen-bond donors (Lipinski definition) is 0. The average Bonchev–Trinajstić information content (AvgIpc) is 3.77. The molecule has 0 radical (unpaired) electrons. The molecule has 0 aliphatic carbocycles. The van der Waals surface area contributed by atoms with Gasteiger partial charge in [-0.15, -0.1) is 0 Å². The van der Waals surface area contributed by atoms with E-state index in [4.69, 9.17) is 9.05 Å². The monoisotopic (exact) mass is 666 g/mol. The number of aromatic nitrogens is 4. The number of carbonyl (C=O) groups excluding carboxylic acids is 2. The van der Waals surface area contributed by atoms with Gasteiger partial charge in [0.05, 0.1) is 0 Å². The minimum Gasteiger partial charge on any atom is -0.337 e. The van der Waals surface area contributed by atoms with Crippen molar-refractivity contribution in [3.05, 3.63) is 143 Å². The summed E-state index contributed by atoms with van der Waals surface area (Å²) in [7, 11) is 0. The van der Waals surface area contributed by atoms with Crippen molar-refractivity contribution in [3.8, 4) is 0 Å². The highest BCUT2D eigenvalue weighted by atomic mass is 16.5. The molecule has 10 nitrogen and oxygen atoms in total. The summed E-state index contributed by atoms with van der Waals surface area (Å²) >= 11 is 0. The minimum atomic E-state index is -0.220. The lowest BCUT2D eigenvalue weighted by Crippen LogP contribution is -2.45. The molecule has 2 aliphatic rings. The van der Waals surface area contributed by atoms with Crippen LogP contribution in [0.25, 0.3) is 10.8 Å². The molecular formula is C40H38N6O4. The molecule has 8 rings (SSSR count). The molecule has 2 saturated heterocycles. The van der Waals surface area contributed by atoms with E-state index in [2.05, 4.69) is 44.5 Å². The third kappa shape index (κ3) is 6.65. The Balaban J connectivity index is 0.870. The second-order valence-corrected chi connectivity index (χ2v) is 13.2. The summed E-state index contributed by atoms with van der Waals surface area (Å²) in [6, 6.07) is 31.5. The third-order valence-corrected chi connectivity index (χ3v) is 9.85. The normalized spacial score (nSPS) is 17.0. The van der Waals surface area contributed by atoms with Gasteiger partial charge in [-0.1, -0.05) is 83.1 Å². The first-order valence-electron chi connectivity index (χ1n) is 17.5. The summed E-state index contributed by atoms with van der Waals surface area (Å²) in [5.74, 6) is 2.18. The predicted octanol–water partition coefficient (Wildman–Crippen LogP) is 7.13. The number of benzene rings is 4. The van der Waals surface area contributed by atoms with Crippen LogP contribution in [-0.2, 0) is 25.7 Å². The van der Waals surface area contributed by atoms with E-state index in [1.807, 2.05) is 72.8 Å². The lowest BCUT2D eigenvalue weighted by molar-refractivity contribution is 0.0374. The molecule has 0 bridgehead atoms. The van der Waals surface area contributed by atoms with Gasteiger partial charge in [0.2, 0.25) is 11.8 Å². The van der Waals surface area contributed by atoms with Crippen LogP contribution in [0, 0.1) is 0 Å². The number of nitrogens with zero attached hydrogens (tertiary/aromatic N) is 6. The zero-order valence-electron chi connectivity index (χ0n) is 27.8. The molecule has 252 valence electrons. The zero-order chi connectivity index (χ0) is 33.9. The third-order valence-electron chi connectivity index (χ3n) is 9.85. The van der Waals surface area contributed by atoms with Crippen LogP contribution in [0.2, 0.25) is 0 Å². The molecule has 4 aromatic carbocycles. The van der Waals surface area contributed by atoms with Gasteiger partial charge in [-0.2, -0.15) is 9.97 Å². The number of fused-ring (bicyclic) bond motifs is 1. The number of likely N-dealkylation sites (tertiary alicyclic amines) is 2. The largest absolute Gasteiger partial charge is 0.337 e. The van der Waals surface area contributed by atoms with Crippen LogP contribution in [0.15, 0.2) is 106 Å². The Morgan fingerprint density at radius 2 is 1.02 bits per heavy atom. The summed E-state index contributed by atoms with van der Waals surface area (Å²) in [6.45, 7) is 1.26. The van der Waals surface area contributed by atoms with Gasteiger partial charge in [0.1, 0.15) is 12.1 Å². The molecular weight excluding hydrogens is 628 g/mol. The van der Waals surface area contributed by atoms with Crippen LogP contribution in [0.3, 0.4) is 0 Å². The molecule has 2 amide bonds. The number of rotatable bonds is 12. The second kappa shape index (κ2) is 14.1. The molecule has 0 saturated carbocycles. The molecule has 2 aliphatic heterocycles. The van der Waals surface area contributed by atoms with Crippen LogP contribution in [0.1, 0.15) is 93.0 Å². The smallest absolute Gasteiger partial charge is 0.254 e. The van der Waals surface area contributed by atoms with Gasteiger partial charge in [-0.25, -0.2) is 0 Å². The predicted molar refractivity (Wildman–Crippen MR) is 186 cm³/mol. The van der Waals surface area contributed by atoms with Gasteiger partial charge in [0.15, 0.2) is 11.6 Å². The van der Waals surface area contributed by atoms with E-state index in [9.17, 15) is 9.59 Å². The topological polar surface area (TPSA) is 118 Å². The highest BCUT2D eigenvalue weighted by molar-refractivity contribution is 6.02. The van der Waals surface area contributed by atoms with E-state index < -0.39 is 0 Å². The molecule has 2 aromatic heterocycles. The standard InChI is InChI=1S/C40H38N6O4/c47-39(45-23-21-33(45)37-41-35(43-49-37)15-7-13-27-9-3-1-4-10-27)31-19-17-30-26-32(20-18-29(30)25-31)40(48)46-24-22-34(46)38-42-36(44-50-38)16-8-14-28-11-5-2-6-12-28/h1-6,9-12,17-20,25-26,33-34H,7-8,13-16,21-24H2/t33-,34-/m0/s1. The summed E-state index contributed by atoms with van der Waals surface area (Å²) in [5.41, 5.74) is 3.75. The quantitative estimate of drug-likeness (QED) is 0.135. The fourth-order valence-electron chi connectivity index (χ4n) is 6.82. The molecule has 50 heavy (non-hydrogen) atoms. The molecule has 0 spiro atoms. The molecule has 10 heteroatoms. The Hall–Kier alpha value is -5.64. The molecule has 0 N–H and O–H groups in total. The van der Waals surface area contributed by atoms with Crippen molar-refractivity contribution in [1.29, 1.82) is 0 Å². The fraction of sp³-hybridized carbons (Fsp3) is 0.300. The first-order chi connectivity index (χ1) is 24.6. The highest BCUT2D eigenvalue weighted by Crippen LogP contribution is 2.36. The number of amides is 2. The Labute approximate surface area is 290 Å². The molecule has 2 atom stereocenters. The van der Waals surface area contributed by atoms with Crippen LogP contribution < -0.4 is 0 Å². The maximum Gasteiger partial charge on any atom is 0.254 e. The van der Waals surface area contributed by atoms with Crippen molar-refractivity contribution in [3.63, 3.8) is 0 Å². The zero-order valence-corrected chi connectivity index (χ0v) is 27.8. The summed E-state index contributed by atoms with van der Waals surface area (Å²) in [5, 5.41) is 10.1. The second-order valence-electron chi connectivity index (χ2n) is 13.2. The van der Waals surface area contributed by atoms with Crippen molar-refractivity contribution < 1.29 is 18.6 Å².